The number of piperidine rings is 1. The smallest absolute Gasteiger partial charge is 0.254 e. The zero-order chi connectivity index (χ0) is 16.2. The Hall–Kier alpha value is -2.07. The Bertz CT molecular complexity index is 687. The number of carbonyl (C=O) groups is 1. The van der Waals surface area contributed by atoms with Crippen LogP contribution in [-0.2, 0) is 0 Å². The lowest BCUT2D eigenvalue weighted by Gasteiger charge is -2.33. The van der Waals surface area contributed by atoms with Gasteiger partial charge in [-0.2, -0.15) is 0 Å². The maximum atomic E-state index is 12.7. The van der Waals surface area contributed by atoms with E-state index >= 15 is 0 Å². The number of anilines is 1. The van der Waals surface area contributed by atoms with Crippen LogP contribution < -0.4 is 5.32 Å². The van der Waals surface area contributed by atoms with Crippen LogP contribution in [0.3, 0.4) is 0 Å². The highest BCUT2D eigenvalue weighted by Crippen LogP contribution is 2.28. The van der Waals surface area contributed by atoms with Crippen molar-refractivity contribution in [3.05, 3.63) is 58.7 Å². The molecule has 23 heavy (non-hydrogen) atoms. The molecule has 1 fully saturated rings. The minimum atomic E-state index is 0.0718. The standard InChI is InChI=1S/C18H20ClN3O/c1-20-17-11-14(8-9-21-17)18(23)22-10-2-3-15(12-22)13-4-6-16(19)7-5-13/h4-9,11,15H,2-3,10,12H2,1H3,(H,20,21)/t15-/m1/s1. The molecule has 0 bridgehead atoms. The average molecular weight is 330 g/mol. The quantitative estimate of drug-likeness (QED) is 0.931. The predicted octanol–water partition coefficient (Wildman–Crippen LogP) is 3.80. The van der Waals surface area contributed by atoms with E-state index in [9.17, 15) is 4.79 Å². The topological polar surface area (TPSA) is 45.2 Å². The number of likely N-dealkylation sites (tertiary alicyclic amines) is 1. The molecule has 1 N–H and O–H groups in total. The monoisotopic (exact) mass is 329 g/mol. The molecule has 1 aliphatic heterocycles. The summed E-state index contributed by atoms with van der Waals surface area (Å²) < 4.78 is 0. The molecular weight excluding hydrogens is 310 g/mol. The molecule has 120 valence electrons. The molecule has 2 heterocycles. The summed E-state index contributed by atoms with van der Waals surface area (Å²) in [6.07, 6.45) is 3.78. The van der Waals surface area contributed by atoms with Crippen LogP contribution in [0.4, 0.5) is 5.82 Å². The molecule has 4 nitrogen and oxygen atoms in total. The molecule has 1 amide bonds. The minimum absolute atomic E-state index is 0.0718. The molecular formula is C18H20ClN3O. The van der Waals surface area contributed by atoms with Gasteiger partial charge in [0.1, 0.15) is 5.82 Å². The van der Waals surface area contributed by atoms with E-state index in [1.54, 1.807) is 25.4 Å². The number of hydrogen-bond donors (Lipinski definition) is 1. The molecule has 1 aliphatic rings. The third kappa shape index (κ3) is 3.64. The lowest BCUT2D eigenvalue weighted by atomic mass is 9.90. The van der Waals surface area contributed by atoms with Gasteiger partial charge >= 0.3 is 0 Å². The van der Waals surface area contributed by atoms with Crippen molar-refractivity contribution in [2.75, 3.05) is 25.5 Å². The number of carbonyl (C=O) groups excluding carboxylic acids is 1. The Kier molecular flexibility index (Phi) is 4.82. The van der Waals surface area contributed by atoms with Crippen LogP contribution in [0.1, 0.15) is 34.7 Å². The first kappa shape index (κ1) is 15.8. The van der Waals surface area contributed by atoms with E-state index in [0.717, 1.165) is 31.0 Å². The Balaban J connectivity index is 1.75. The number of benzene rings is 1. The molecule has 2 aromatic rings. The maximum Gasteiger partial charge on any atom is 0.254 e. The minimum Gasteiger partial charge on any atom is -0.373 e. The molecule has 0 spiro atoms. The summed E-state index contributed by atoms with van der Waals surface area (Å²) in [4.78, 5) is 18.9. The summed E-state index contributed by atoms with van der Waals surface area (Å²) in [5.74, 6) is 1.15. The molecule has 1 atom stereocenters. The molecule has 1 aromatic heterocycles. The Labute approximate surface area is 141 Å². The van der Waals surface area contributed by atoms with E-state index in [1.165, 1.54) is 5.56 Å². The summed E-state index contributed by atoms with van der Waals surface area (Å²) >= 11 is 5.96. The molecule has 0 aliphatic carbocycles. The third-order valence-corrected chi connectivity index (χ3v) is 4.57. The first-order valence-corrected chi connectivity index (χ1v) is 8.23. The number of halogens is 1. The van der Waals surface area contributed by atoms with Crippen LogP contribution >= 0.6 is 11.6 Å². The maximum absolute atomic E-state index is 12.7. The summed E-state index contributed by atoms with van der Waals surface area (Å²) in [7, 11) is 1.80. The largest absolute Gasteiger partial charge is 0.373 e. The highest BCUT2D eigenvalue weighted by Gasteiger charge is 2.25. The van der Waals surface area contributed by atoms with Gasteiger partial charge in [-0.3, -0.25) is 4.79 Å². The lowest BCUT2D eigenvalue weighted by molar-refractivity contribution is 0.0707. The van der Waals surface area contributed by atoms with E-state index in [0.29, 0.717) is 17.3 Å². The van der Waals surface area contributed by atoms with Gasteiger partial charge in [-0.1, -0.05) is 23.7 Å². The van der Waals surface area contributed by atoms with E-state index < -0.39 is 0 Å². The summed E-state index contributed by atoms with van der Waals surface area (Å²) in [6, 6.07) is 11.5. The van der Waals surface area contributed by atoms with E-state index in [4.69, 9.17) is 11.6 Å². The number of nitrogens with one attached hydrogen (secondary N) is 1. The number of aromatic nitrogens is 1. The molecule has 5 heteroatoms. The molecule has 0 saturated carbocycles. The number of nitrogens with zero attached hydrogens (tertiary/aromatic N) is 2. The van der Waals surface area contributed by atoms with Gasteiger partial charge in [-0.25, -0.2) is 4.98 Å². The van der Waals surface area contributed by atoms with Crippen LogP contribution in [-0.4, -0.2) is 35.9 Å². The van der Waals surface area contributed by atoms with Gasteiger partial charge in [-0.15, -0.1) is 0 Å². The SMILES string of the molecule is CNc1cc(C(=O)N2CCC[C@@H](c3ccc(Cl)cc3)C2)ccn1. The van der Waals surface area contributed by atoms with Crippen molar-refractivity contribution in [3.8, 4) is 0 Å². The van der Waals surface area contributed by atoms with Crippen LogP contribution in [0.5, 0.6) is 0 Å². The van der Waals surface area contributed by atoms with Crippen molar-refractivity contribution in [3.63, 3.8) is 0 Å². The molecule has 0 unspecified atom stereocenters. The van der Waals surface area contributed by atoms with Crippen molar-refractivity contribution >= 4 is 23.3 Å². The number of rotatable bonds is 3. The summed E-state index contributed by atoms with van der Waals surface area (Å²) in [5.41, 5.74) is 1.93. The van der Waals surface area contributed by atoms with Crippen molar-refractivity contribution in [1.29, 1.82) is 0 Å². The first-order chi connectivity index (χ1) is 11.2. The van der Waals surface area contributed by atoms with E-state index in [-0.39, 0.29) is 5.91 Å². The van der Waals surface area contributed by atoms with E-state index in [1.807, 2.05) is 17.0 Å². The zero-order valence-corrected chi connectivity index (χ0v) is 13.9. The second-order valence-electron chi connectivity index (χ2n) is 5.82. The first-order valence-electron chi connectivity index (χ1n) is 7.86. The zero-order valence-electron chi connectivity index (χ0n) is 13.1. The fraction of sp³-hybridized carbons (Fsp3) is 0.333. The Morgan fingerprint density at radius 2 is 2.09 bits per heavy atom. The van der Waals surface area contributed by atoms with Crippen molar-refractivity contribution < 1.29 is 4.79 Å². The van der Waals surface area contributed by atoms with Gasteiger partial charge in [0.25, 0.3) is 5.91 Å². The van der Waals surface area contributed by atoms with E-state index in [2.05, 4.69) is 22.4 Å². The Morgan fingerprint density at radius 3 is 2.83 bits per heavy atom. The highest BCUT2D eigenvalue weighted by atomic mass is 35.5. The second-order valence-corrected chi connectivity index (χ2v) is 6.26. The number of hydrogen-bond acceptors (Lipinski definition) is 3. The van der Waals surface area contributed by atoms with Crippen LogP contribution in [0.25, 0.3) is 0 Å². The van der Waals surface area contributed by atoms with Crippen molar-refractivity contribution in [2.24, 2.45) is 0 Å². The molecule has 1 saturated heterocycles. The summed E-state index contributed by atoms with van der Waals surface area (Å²) in [5, 5.41) is 3.72. The second kappa shape index (κ2) is 7.01. The molecule has 1 aromatic carbocycles. The number of pyridine rings is 1. The average Bonchev–Trinajstić information content (AvgIpc) is 2.62. The van der Waals surface area contributed by atoms with Gasteiger partial charge < -0.3 is 10.2 Å². The van der Waals surface area contributed by atoms with Crippen LogP contribution in [0, 0.1) is 0 Å². The van der Waals surface area contributed by atoms with Gasteiger partial charge in [0.05, 0.1) is 0 Å². The van der Waals surface area contributed by atoms with Gasteiger partial charge in [0, 0.05) is 42.8 Å². The van der Waals surface area contributed by atoms with Crippen molar-refractivity contribution in [1.82, 2.24) is 9.88 Å². The lowest BCUT2D eigenvalue weighted by Crippen LogP contribution is -2.39. The fourth-order valence-corrected chi connectivity index (χ4v) is 3.18. The van der Waals surface area contributed by atoms with Crippen LogP contribution in [0.2, 0.25) is 5.02 Å². The summed E-state index contributed by atoms with van der Waals surface area (Å²) in [6.45, 7) is 1.55. The van der Waals surface area contributed by atoms with Gasteiger partial charge in [-0.05, 0) is 42.7 Å². The normalized spacial score (nSPS) is 17.8. The molecule has 3 rings (SSSR count). The Morgan fingerprint density at radius 1 is 1.30 bits per heavy atom. The van der Waals surface area contributed by atoms with Crippen molar-refractivity contribution in [2.45, 2.75) is 18.8 Å². The third-order valence-electron chi connectivity index (χ3n) is 4.31. The predicted molar refractivity (Wildman–Crippen MR) is 93.1 cm³/mol. The molecule has 0 radical (unpaired) electrons. The van der Waals surface area contributed by atoms with Gasteiger partial charge in [0.2, 0.25) is 0 Å². The van der Waals surface area contributed by atoms with Crippen LogP contribution in [0.15, 0.2) is 42.6 Å². The van der Waals surface area contributed by atoms with Gasteiger partial charge in [0.15, 0.2) is 0 Å². The highest BCUT2D eigenvalue weighted by molar-refractivity contribution is 6.30. The number of amides is 1. The fourth-order valence-electron chi connectivity index (χ4n) is 3.05.